The lowest BCUT2D eigenvalue weighted by molar-refractivity contribution is 0.412. The summed E-state index contributed by atoms with van der Waals surface area (Å²) in [4.78, 5) is 4.66. The number of benzene rings is 1. The topological polar surface area (TPSA) is 22.1 Å². The van der Waals surface area contributed by atoms with E-state index in [4.69, 9.17) is 16.3 Å². The van der Waals surface area contributed by atoms with E-state index in [0.29, 0.717) is 5.92 Å². The molecule has 1 aromatic carbocycles. The van der Waals surface area contributed by atoms with Crippen molar-refractivity contribution in [2.75, 3.05) is 7.11 Å². The van der Waals surface area contributed by atoms with E-state index >= 15 is 0 Å². The summed E-state index contributed by atoms with van der Waals surface area (Å²) in [6, 6.07) is 5.87. The molecule has 1 saturated carbocycles. The Morgan fingerprint density at radius 2 is 2.12 bits per heavy atom. The van der Waals surface area contributed by atoms with Gasteiger partial charge in [0.1, 0.15) is 5.75 Å². The van der Waals surface area contributed by atoms with E-state index in [9.17, 15) is 0 Å². The molecule has 4 heteroatoms. The van der Waals surface area contributed by atoms with Gasteiger partial charge in [-0.15, -0.1) is 0 Å². The third-order valence-corrected chi connectivity index (χ3v) is 3.98. The molecule has 0 bridgehead atoms. The monoisotopic (exact) mass is 311 g/mol. The van der Waals surface area contributed by atoms with Gasteiger partial charge in [-0.05, 0) is 40.9 Å². The molecule has 2 nitrogen and oxygen atoms in total. The molecule has 1 aliphatic rings. The molecular weight excluding hydrogens is 302 g/mol. The van der Waals surface area contributed by atoms with E-state index in [-0.39, 0.29) is 0 Å². The highest BCUT2D eigenvalue weighted by atomic mass is 79.9. The fourth-order valence-electron chi connectivity index (χ4n) is 1.95. The molecule has 0 unspecified atom stereocenters. The summed E-state index contributed by atoms with van der Waals surface area (Å²) in [7, 11) is 1.65. The summed E-state index contributed by atoms with van der Waals surface area (Å²) < 4.78 is 6.18. The van der Waals surface area contributed by atoms with Crippen LogP contribution in [0.15, 0.2) is 22.7 Å². The number of halogens is 2. The summed E-state index contributed by atoms with van der Waals surface area (Å²) >= 11 is 9.76. The predicted octanol–water partition coefficient (Wildman–Crippen LogP) is 4.54. The number of aromatic nitrogens is 1. The number of ether oxygens (including phenoxy) is 1. The molecule has 1 heterocycles. The quantitative estimate of drug-likeness (QED) is 0.812. The zero-order valence-corrected chi connectivity index (χ0v) is 11.7. The normalized spacial score (nSPS) is 15.2. The van der Waals surface area contributed by atoms with Crippen LogP contribution in [0.2, 0.25) is 5.02 Å². The molecule has 1 fully saturated rings. The highest BCUT2D eigenvalue weighted by Crippen LogP contribution is 2.42. The molecule has 0 amide bonds. The minimum Gasteiger partial charge on any atom is -0.495 e. The molecule has 0 saturated heterocycles. The Balaban J connectivity index is 2.24. The van der Waals surface area contributed by atoms with E-state index in [1.54, 1.807) is 7.11 Å². The van der Waals surface area contributed by atoms with Crippen LogP contribution in [0.3, 0.4) is 0 Å². The van der Waals surface area contributed by atoms with Crippen molar-refractivity contribution in [1.29, 1.82) is 0 Å². The maximum absolute atomic E-state index is 6.30. The van der Waals surface area contributed by atoms with Crippen LogP contribution in [-0.2, 0) is 0 Å². The summed E-state index contributed by atoms with van der Waals surface area (Å²) in [5, 5.41) is 1.73. The molecule has 1 aliphatic carbocycles. The molecule has 1 aromatic heterocycles. The maximum atomic E-state index is 6.30. The van der Waals surface area contributed by atoms with Crippen molar-refractivity contribution in [3.05, 3.63) is 33.4 Å². The van der Waals surface area contributed by atoms with Crippen LogP contribution < -0.4 is 4.74 Å². The van der Waals surface area contributed by atoms with E-state index in [1.165, 1.54) is 12.8 Å². The first-order valence-corrected chi connectivity index (χ1v) is 6.70. The van der Waals surface area contributed by atoms with E-state index < -0.39 is 0 Å². The molecule has 3 rings (SSSR count). The van der Waals surface area contributed by atoms with Crippen molar-refractivity contribution in [3.63, 3.8) is 0 Å². The predicted molar refractivity (Wildman–Crippen MR) is 73.0 cm³/mol. The fraction of sp³-hybridized carbons (Fsp3) is 0.308. The van der Waals surface area contributed by atoms with Crippen molar-refractivity contribution >= 4 is 38.4 Å². The van der Waals surface area contributed by atoms with Crippen LogP contribution in [-0.4, -0.2) is 12.1 Å². The minimum atomic E-state index is 0.603. The first-order chi connectivity index (χ1) is 8.19. The maximum Gasteiger partial charge on any atom is 0.135 e. The van der Waals surface area contributed by atoms with Gasteiger partial charge in [0.15, 0.2) is 0 Å². The summed E-state index contributed by atoms with van der Waals surface area (Å²) in [5.41, 5.74) is 2.01. The van der Waals surface area contributed by atoms with E-state index in [0.717, 1.165) is 31.8 Å². The zero-order chi connectivity index (χ0) is 12.0. The lowest BCUT2D eigenvalue weighted by Gasteiger charge is -2.08. The average molecular weight is 313 g/mol. The van der Waals surface area contributed by atoms with Crippen molar-refractivity contribution in [2.24, 2.45) is 0 Å². The lowest BCUT2D eigenvalue weighted by atomic mass is 10.1. The average Bonchev–Trinajstić information content (AvgIpc) is 3.13. The number of nitrogens with zero attached hydrogens (tertiary/aromatic N) is 1. The van der Waals surface area contributed by atoms with Crippen LogP contribution in [0.25, 0.3) is 10.9 Å². The van der Waals surface area contributed by atoms with Crippen molar-refractivity contribution in [1.82, 2.24) is 4.98 Å². The Morgan fingerprint density at radius 3 is 2.76 bits per heavy atom. The largest absolute Gasteiger partial charge is 0.495 e. The highest BCUT2D eigenvalue weighted by molar-refractivity contribution is 9.10. The molecule has 0 radical (unpaired) electrons. The molecule has 0 aliphatic heterocycles. The zero-order valence-electron chi connectivity index (χ0n) is 9.34. The minimum absolute atomic E-state index is 0.603. The van der Waals surface area contributed by atoms with Gasteiger partial charge in [0.25, 0.3) is 0 Å². The van der Waals surface area contributed by atoms with Gasteiger partial charge in [-0.1, -0.05) is 11.6 Å². The Morgan fingerprint density at radius 1 is 1.35 bits per heavy atom. The molecule has 0 N–H and O–H groups in total. The van der Waals surface area contributed by atoms with Crippen LogP contribution in [0.5, 0.6) is 5.75 Å². The second-order valence-corrected chi connectivity index (χ2v) is 5.57. The number of pyridine rings is 1. The van der Waals surface area contributed by atoms with Gasteiger partial charge < -0.3 is 4.74 Å². The Labute approximate surface area is 113 Å². The lowest BCUT2D eigenvalue weighted by Crippen LogP contribution is -1.91. The standard InChI is InChI=1S/C13H11BrClNO/c1-17-13-6-12-8(4-9(13)14)10(15)5-11(16-12)7-2-3-7/h4-7H,2-3H2,1H3. The molecule has 0 atom stereocenters. The number of fused-ring (bicyclic) bond motifs is 1. The third-order valence-electron chi connectivity index (χ3n) is 3.05. The highest BCUT2D eigenvalue weighted by Gasteiger charge is 2.26. The second-order valence-electron chi connectivity index (χ2n) is 4.31. The Hall–Kier alpha value is -0.800. The number of hydrogen-bond donors (Lipinski definition) is 0. The number of rotatable bonds is 2. The molecule has 0 spiro atoms. The summed E-state index contributed by atoms with van der Waals surface area (Å²) in [5.74, 6) is 1.39. The summed E-state index contributed by atoms with van der Waals surface area (Å²) in [6.45, 7) is 0. The van der Waals surface area contributed by atoms with Gasteiger partial charge in [-0.3, -0.25) is 4.98 Å². The Kier molecular flexibility index (Phi) is 2.75. The van der Waals surface area contributed by atoms with Crippen molar-refractivity contribution < 1.29 is 4.74 Å². The van der Waals surface area contributed by atoms with Gasteiger partial charge in [-0.2, -0.15) is 0 Å². The van der Waals surface area contributed by atoms with Crippen LogP contribution in [0.1, 0.15) is 24.5 Å². The van der Waals surface area contributed by atoms with Crippen LogP contribution in [0, 0.1) is 0 Å². The van der Waals surface area contributed by atoms with Crippen molar-refractivity contribution in [2.45, 2.75) is 18.8 Å². The van der Waals surface area contributed by atoms with Crippen molar-refractivity contribution in [3.8, 4) is 5.75 Å². The number of methoxy groups -OCH3 is 1. The molecule has 88 valence electrons. The SMILES string of the molecule is COc1cc2nc(C3CC3)cc(Cl)c2cc1Br. The Bertz CT molecular complexity index is 595. The van der Waals surface area contributed by atoms with Gasteiger partial charge in [0.05, 0.1) is 22.1 Å². The second kappa shape index (κ2) is 4.14. The van der Waals surface area contributed by atoms with Crippen LogP contribution >= 0.6 is 27.5 Å². The molecule has 2 aromatic rings. The van der Waals surface area contributed by atoms with Gasteiger partial charge in [0.2, 0.25) is 0 Å². The number of hydrogen-bond acceptors (Lipinski definition) is 2. The van der Waals surface area contributed by atoms with Crippen LogP contribution in [0.4, 0.5) is 0 Å². The summed E-state index contributed by atoms with van der Waals surface area (Å²) in [6.07, 6.45) is 2.45. The van der Waals surface area contributed by atoms with Gasteiger partial charge in [0, 0.05) is 23.1 Å². The molecular formula is C13H11BrClNO. The molecule has 17 heavy (non-hydrogen) atoms. The smallest absolute Gasteiger partial charge is 0.135 e. The van der Waals surface area contributed by atoms with Gasteiger partial charge >= 0.3 is 0 Å². The first kappa shape index (κ1) is 11.3. The van der Waals surface area contributed by atoms with E-state index in [1.807, 2.05) is 18.2 Å². The first-order valence-electron chi connectivity index (χ1n) is 5.52. The van der Waals surface area contributed by atoms with Gasteiger partial charge in [-0.25, -0.2) is 0 Å². The van der Waals surface area contributed by atoms with E-state index in [2.05, 4.69) is 20.9 Å². The fourth-order valence-corrected chi connectivity index (χ4v) is 2.72. The third kappa shape index (κ3) is 2.02.